The number of rotatable bonds is 4. The number of anilines is 1. The van der Waals surface area contributed by atoms with Crippen molar-refractivity contribution in [2.45, 2.75) is 25.8 Å². The maximum atomic E-state index is 12.9. The largest absolute Gasteiger partial charge is 0.309 e. The summed E-state index contributed by atoms with van der Waals surface area (Å²) in [6.45, 7) is -0.0867. The normalized spacial score (nSPS) is 12.8. The third-order valence-electron chi connectivity index (χ3n) is 5.22. The standard InChI is InChI=1S/C22H19N5O2/c28-20(14-26-19-12-5-4-10-18(19)23-13-21(26)29)24-22-16-9-6-11-17(16)25-27(22)15-7-2-1-3-8-15/h1-5,7-8,10,12-13H,6,9,11,14H2,(H,24,28). The van der Waals surface area contributed by atoms with Crippen LogP contribution in [0.4, 0.5) is 5.82 Å². The molecule has 5 rings (SSSR count). The van der Waals surface area contributed by atoms with Crippen molar-refractivity contribution >= 4 is 22.8 Å². The molecule has 0 aliphatic heterocycles. The monoisotopic (exact) mass is 385 g/mol. The number of nitrogens with zero attached hydrogens (tertiary/aromatic N) is 4. The van der Waals surface area contributed by atoms with Crippen molar-refractivity contribution in [2.75, 3.05) is 5.32 Å². The quantitative estimate of drug-likeness (QED) is 0.586. The van der Waals surface area contributed by atoms with Gasteiger partial charge in [0, 0.05) is 5.56 Å². The number of aryl methyl sites for hydroxylation is 1. The summed E-state index contributed by atoms with van der Waals surface area (Å²) in [6.07, 6.45) is 4.08. The van der Waals surface area contributed by atoms with Crippen molar-refractivity contribution in [1.29, 1.82) is 0 Å². The molecule has 1 aliphatic rings. The number of nitrogens with one attached hydrogen (secondary N) is 1. The number of aromatic nitrogens is 4. The fourth-order valence-electron chi connectivity index (χ4n) is 3.87. The van der Waals surface area contributed by atoms with Gasteiger partial charge >= 0.3 is 0 Å². The molecule has 1 aliphatic carbocycles. The van der Waals surface area contributed by atoms with Crippen molar-refractivity contribution in [3.63, 3.8) is 0 Å². The number of fused-ring (bicyclic) bond motifs is 2. The molecule has 1 amide bonds. The Kier molecular flexibility index (Phi) is 4.20. The van der Waals surface area contributed by atoms with Crippen molar-refractivity contribution in [2.24, 2.45) is 0 Å². The van der Waals surface area contributed by atoms with Gasteiger partial charge in [-0.25, -0.2) is 9.67 Å². The fourth-order valence-corrected chi connectivity index (χ4v) is 3.87. The number of amides is 1. The summed E-state index contributed by atoms with van der Waals surface area (Å²) in [6, 6.07) is 17.0. The Labute approximate surface area is 166 Å². The average Bonchev–Trinajstić information content (AvgIpc) is 3.33. The van der Waals surface area contributed by atoms with E-state index < -0.39 is 0 Å². The first-order chi connectivity index (χ1) is 14.2. The third kappa shape index (κ3) is 3.10. The second kappa shape index (κ2) is 7.01. The van der Waals surface area contributed by atoms with E-state index in [9.17, 15) is 9.59 Å². The van der Waals surface area contributed by atoms with Gasteiger partial charge in [0.05, 0.1) is 28.6 Å². The van der Waals surface area contributed by atoms with E-state index in [2.05, 4.69) is 10.3 Å². The molecule has 29 heavy (non-hydrogen) atoms. The summed E-state index contributed by atoms with van der Waals surface area (Å²) >= 11 is 0. The van der Waals surface area contributed by atoms with Gasteiger partial charge in [0.15, 0.2) is 0 Å². The van der Waals surface area contributed by atoms with Crippen LogP contribution in [0.5, 0.6) is 0 Å². The minimum atomic E-state index is -0.305. The lowest BCUT2D eigenvalue weighted by Crippen LogP contribution is -2.28. The van der Waals surface area contributed by atoms with Crippen molar-refractivity contribution < 1.29 is 4.79 Å². The Morgan fingerprint density at radius 3 is 2.69 bits per heavy atom. The van der Waals surface area contributed by atoms with Crippen LogP contribution in [0.15, 0.2) is 65.6 Å². The second-order valence-electron chi connectivity index (χ2n) is 7.09. The molecular weight excluding hydrogens is 366 g/mol. The molecule has 1 N–H and O–H groups in total. The highest BCUT2D eigenvalue weighted by atomic mass is 16.2. The van der Waals surface area contributed by atoms with Gasteiger partial charge in [-0.05, 0) is 43.5 Å². The number of carbonyl (C=O) groups excluding carboxylic acids is 1. The van der Waals surface area contributed by atoms with E-state index in [0.29, 0.717) is 16.9 Å². The highest BCUT2D eigenvalue weighted by Crippen LogP contribution is 2.30. The van der Waals surface area contributed by atoms with E-state index in [4.69, 9.17) is 5.10 Å². The lowest BCUT2D eigenvalue weighted by Gasteiger charge is -2.13. The van der Waals surface area contributed by atoms with Gasteiger partial charge in [0.2, 0.25) is 5.91 Å². The van der Waals surface area contributed by atoms with Crippen molar-refractivity contribution in [3.05, 3.63) is 82.4 Å². The van der Waals surface area contributed by atoms with E-state index in [1.54, 1.807) is 10.7 Å². The molecule has 0 saturated heterocycles. The van der Waals surface area contributed by atoms with E-state index in [-0.39, 0.29) is 18.0 Å². The molecule has 2 heterocycles. The molecule has 0 saturated carbocycles. The molecule has 0 spiro atoms. The molecule has 4 aromatic rings. The molecule has 7 nitrogen and oxygen atoms in total. The predicted molar refractivity (Wildman–Crippen MR) is 110 cm³/mol. The van der Waals surface area contributed by atoms with Crippen LogP contribution in [-0.4, -0.2) is 25.2 Å². The molecule has 0 unspecified atom stereocenters. The van der Waals surface area contributed by atoms with Crippen LogP contribution in [-0.2, 0) is 24.2 Å². The number of para-hydroxylation sites is 3. The molecule has 2 aromatic carbocycles. The Bertz CT molecular complexity index is 1270. The van der Waals surface area contributed by atoms with E-state index >= 15 is 0 Å². The van der Waals surface area contributed by atoms with Crippen LogP contribution < -0.4 is 10.9 Å². The summed E-state index contributed by atoms with van der Waals surface area (Å²) in [5.41, 5.74) is 4.00. The first-order valence-electron chi connectivity index (χ1n) is 9.61. The zero-order chi connectivity index (χ0) is 19.8. The Balaban J connectivity index is 1.50. The minimum Gasteiger partial charge on any atom is -0.309 e. The summed E-state index contributed by atoms with van der Waals surface area (Å²) < 4.78 is 3.23. The fraction of sp³-hybridized carbons (Fsp3) is 0.182. The Morgan fingerprint density at radius 1 is 1.03 bits per heavy atom. The molecule has 2 aromatic heterocycles. The van der Waals surface area contributed by atoms with Gasteiger partial charge in [0.25, 0.3) is 5.56 Å². The molecular formula is C22H19N5O2. The van der Waals surface area contributed by atoms with Crippen LogP contribution in [0.1, 0.15) is 17.7 Å². The third-order valence-corrected chi connectivity index (χ3v) is 5.22. The second-order valence-corrected chi connectivity index (χ2v) is 7.09. The van der Waals surface area contributed by atoms with Gasteiger partial charge in [-0.3, -0.25) is 14.2 Å². The van der Waals surface area contributed by atoms with Gasteiger partial charge < -0.3 is 5.32 Å². The number of hydrogen-bond donors (Lipinski definition) is 1. The smallest absolute Gasteiger partial charge is 0.269 e. The van der Waals surface area contributed by atoms with Crippen molar-refractivity contribution in [1.82, 2.24) is 19.3 Å². The molecule has 0 atom stereocenters. The Morgan fingerprint density at radius 2 is 1.83 bits per heavy atom. The van der Waals surface area contributed by atoms with Gasteiger partial charge in [0.1, 0.15) is 12.4 Å². The molecule has 144 valence electrons. The molecule has 0 bridgehead atoms. The summed E-state index contributed by atoms with van der Waals surface area (Å²) in [7, 11) is 0. The number of carbonyl (C=O) groups is 1. The van der Waals surface area contributed by atoms with E-state index in [1.807, 2.05) is 48.5 Å². The van der Waals surface area contributed by atoms with Crippen LogP contribution in [0.3, 0.4) is 0 Å². The first-order valence-corrected chi connectivity index (χ1v) is 9.61. The highest BCUT2D eigenvalue weighted by molar-refractivity contribution is 5.92. The van der Waals surface area contributed by atoms with E-state index in [0.717, 1.165) is 36.2 Å². The van der Waals surface area contributed by atoms with Crippen LogP contribution >= 0.6 is 0 Å². The van der Waals surface area contributed by atoms with Gasteiger partial charge in [-0.2, -0.15) is 5.10 Å². The zero-order valence-electron chi connectivity index (χ0n) is 15.7. The predicted octanol–water partition coefficient (Wildman–Crippen LogP) is 2.71. The van der Waals surface area contributed by atoms with Gasteiger partial charge in [-0.15, -0.1) is 0 Å². The molecule has 7 heteroatoms. The number of hydrogen-bond acceptors (Lipinski definition) is 4. The van der Waals surface area contributed by atoms with Crippen LogP contribution in [0.25, 0.3) is 16.7 Å². The summed E-state index contributed by atoms with van der Waals surface area (Å²) in [5, 5.41) is 7.72. The van der Waals surface area contributed by atoms with Crippen molar-refractivity contribution in [3.8, 4) is 5.69 Å². The Hall–Kier alpha value is -3.74. The average molecular weight is 385 g/mol. The molecule has 0 radical (unpaired) electrons. The lowest BCUT2D eigenvalue weighted by molar-refractivity contribution is -0.116. The topological polar surface area (TPSA) is 81.8 Å². The molecule has 0 fully saturated rings. The maximum absolute atomic E-state index is 12.9. The zero-order valence-corrected chi connectivity index (χ0v) is 15.7. The summed E-state index contributed by atoms with van der Waals surface area (Å²) in [5.74, 6) is 0.426. The van der Waals surface area contributed by atoms with E-state index in [1.165, 1.54) is 10.8 Å². The lowest BCUT2D eigenvalue weighted by atomic mass is 10.2. The highest BCUT2D eigenvalue weighted by Gasteiger charge is 2.24. The minimum absolute atomic E-state index is 0.0867. The first kappa shape index (κ1) is 17.4. The SMILES string of the molecule is O=C(Cn1c(=O)cnc2ccccc21)Nc1c2c(nn1-c1ccccc1)CCC2. The van der Waals surface area contributed by atoms with Crippen LogP contribution in [0.2, 0.25) is 0 Å². The van der Waals surface area contributed by atoms with Crippen LogP contribution in [0, 0.1) is 0 Å². The van der Waals surface area contributed by atoms with Gasteiger partial charge in [-0.1, -0.05) is 30.3 Å². The maximum Gasteiger partial charge on any atom is 0.269 e. The number of benzene rings is 2. The summed E-state index contributed by atoms with van der Waals surface area (Å²) in [4.78, 5) is 29.4.